The van der Waals surface area contributed by atoms with Crippen LogP contribution in [0.15, 0.2) is 17.9 Å². The summed E-state index contributed by atoms with van der Waals surface area (Å²) in [4.78, 5) is 22.5. The van der Waals surface area contributed by atoms with Crippen molar-refractivity contribution in [2.24, 2.45) is 0 Å². The predicted octanol–water partition coefficient (Wildman–Crippen LogP) is 2.34. The van der Waals surface area contributed by atoms with Gasteiger partial charge in [0.05, 0.1) is 24.3 Å². The van der Waals surface area contributed by atoms with E-state index in [2.05, 4.69) is 26.8 Å². The number of nitrogens with one attached hydrogen (secondary N) is 1. The number of hydrogen-bond donors (Lipinski definition) is 1. The summed E-state index contributed by atoms with van der Waals surface area (Å²) in [6.07, 6.45) is 5.63. The maximum absolute atomic E-state index is 12.2. The molecule has 0 unspecified atom stereocenters. The molecule has 0 aromatic carbocycles. The first-order valence-corrected chi connectivity index (χ1v) is 7.63. The number of urea groups is 1. The number of carbonyl (C=O) groups excluding carboxylic acids is 1. The first kappa shape index (κ1) is 13.1. The Morgan fingerprint density at radius 2 is 2.40 bits per heavy atom. The third-order valence-corrected chi connectivity index (χ3v) is 4.13. The summed E-state index contributed by atoms with van der Waals surface area (Å²) in [5, 5.41) is 5.56. The Hall–Kier alpha value is -1.89. The van der Waals surface area contributed by atoms with Gasteiger partial charge >= 0.3 is 6.03 Å². The van der Waals surface area contributed by atoms with Gasteiger partial charge in [0.25, 0.3) is 0 Å². The summed E-state index contributed by atoms with van der Waals surface area (Å²) >= 11 is 1.48. The zero-order chi connectivity index (χ0) is 13.9. The second-order valence-electron chi connectivity index (χ2n) is 4.82. The standard InChI is InChI=1S/C13H17N5OS/c1-2-3-10-8-20-12(15-10)16-13(19)17-4-5-18-9-14-6-11(18)7-17/h6,8-9H,2-5,7H2,1H3,(H,15,16,19). The van der Waals surface area contributed by atoms with Gasteiger partial charge < -0.3 is 9.47 Å². The lowest BCUT2D eigenvalue weighted by Gasteiger charge is -2.27. The van der Waals surface area contributed by atoms with Gasteiger partial charge in [0, 0.05) is 24.7 Å². The van der Waals surface area contributed by atoms with E-state index in [1.54, 1.807) is 4.90 Å². The van der Waals surface area contributed by atoms with Crippen LogP contribution in [-0.2, 0) is 19.5 Å². The molecule has 7 heteroatoms. The highest BCUT2D eigenvalue weighted by atomic mass is 32.1. The number of thiazole rings is 1. The third-order valence-electron chi connectivity index (χ3n) is 3.32. The van der Waals surface area contributed by atoms with Crippen molar-refractivity contribution in [3.63, 3.8) is 0 Å². The normalized spacial score (nSPS) is 14.2. The number of aryl methyl sites for hydroxylation is 1. The Kier molecular flexibility index (Phi) is 3.68. The van der Waals surface area contributed by atoms with Crippen molar-refractivity contribution in [1.29, 1.82) is 0 Å². The molecule has 0 fully saturated rings. The van der Waals surface area contributed by atoms with Crippen LogP contribution in [0.2, 0.25) is 0 Å². The molecule has 106 valence electrons. The highest BCUT2D eigenvalue weighted by molar-refractivity contribution is 7.13. The first-order valence-electron chi connectivity index (χ1n) is 6.75. The Labute approximate surface area is 121 Å². The second-order valence-corrected chi connectivity index (χ2v) is 5.68. The van der Waals surface area contributed by atoms with Crippen LogP contribution in [0.1, 0.15) is 24.7 Å². The summed E-state index contributed by atoms with van der Waals surface area (Å²) in [6, 6.07) is -0.0881. The minimum atomic E-state index is -0.0881. The highest BCUT2D eigenvalue weighted by Crippen LogP contribution is 2.18. The Bertz CT molecular complexity index is 605. The number of amides is 2. The van der Waals surface area contributed by atoms with Crippen LogP contribution in [-0.4, -0.2) is 32.0 Å². The van der Waals surface area contributed by atoms with E-state index >= 15 is 0 Å². The molecule has 0 saturated heterocycles. The largest absolute Gasteiger partial charge is 0.331 e. The molecule has 6 nitrogen and oxygen atoms in total. The number of anilines is 1. The van der Waals surface area contributed by atoms with Crippen LogP contribution < -0.4 is 5.32 Å². The van der Waals surface area contributed by atoms with Crippen molar-refractivity contribution >= 4 is 22.5 Å². The van der Waals surface area contributed by atoms with E-state index in [-0.39, 0.29) is 6.03 Å². The van der Waals surface area contributed by atoms with Crippen molar-refractivity contribution in [3.05, 3.63) is 29.3 Å². The average Bonchev–Trinajstić information content (AvgIpc) is 3.07. The number of nitrogens with zero attached hydrogens (tertiary/aromatic N) is 4. The Morgan fingerprint density at radius 3 is 3.25 bits per heavy atom. The van der Waals surface area contributed by atoms with Crippen molar-refractivity contribution in [2.45, 2.75) is 32.9 Å². The van der Waals surface area contributed by atoms with Crippen LogP contribution in [0.25, 0.3) is 0 Å². The summed E-state index contributed by atoms with van der Waals surface area (Å²) < 4.78 is 2.08. The van der Waals surface area contributed by atoms with Gasteiger partial charge in [0.2, 0.25) is 0 Å². The summed E-state index contributed by atoms with van der Waals surface area (Å²) in [7, 11) is 0. The van der Waals surface area contributed by atoms with E-state index < -0.39 is 0 Å². The van der Waals surface area contributed by atoms with Gasteiger partial charge in [-0.15, -0.1) is 11.3 Å². The summed E-state index contributed by atoms with van der Waals surface area (Å²) in [5.41, 5.74) is 2.11. The lowest BCUT2D eigenvalue weighted by molar-refractivity contribution is 0.197. The van der Waals surface area contributed by atoms with Crippen LogP contribution >= 0.6 is 11.3 Å². The molecule has 2 aromatic rings. The van der Waals surface area contributed by atoms with Gasteiger partial charge in [-0.1, -0.05) is 13.3 Å². The molecule has 0 aliphatic carbocycles. The molecule has 0 bridgehead atoms. The number of hydrogen-bond acceptors (Lipinski definition) is 4. The second kappa shape index (κ2) is 5.62. The number of fused-ring (bicyclic) bond motifs is 1. The molecule has 0 spiro atoms. The van der Waals surface area contributed by atoms with Gasteiger partial charge in [-0.25, -0.2) is 14.8 Å². The fraction of sp³-hybridized carbons (Fsp3) is 0.462. The zero-order valence-electron chi connectivity index (χ0n) is 11.4. The Morgan fingerprint density at radius 1 is 1.50 bits per heavy atom. The average molecular weight is 291 g/mol. The molecule has 2 aromatic heterocycles. The lowest BCUT2D eigenvalue weighted by Crippen LogP contribution is -2.40. The molecule has 0 saturated carbocycles. The topological polar surface area (TPSA) is 63.1 Å². The number of aromatic nitrogens is 3. The van der Waals surface area contributed by atoms with E-state index in [9.17, 15) is 4.79 Å². The number of imidazole rings is 1. The molecule has 3 rings (SSSR count). The highest BCUT2D eigenvalue weighted by Gasteiger charge is 2.21. The molecule has 20 heavy (non-hydrogen) atoms. The van der Waals surface area contributed by atoms with Crippen molar-refractivity contribution in [1.82, 2.24) is 19.4 Å². The van der Waals surface area contributed by atoms with Crippen LogP contribution in [0, 0.1) is 0 Å². The van der Waals surface area contributed by atoms with Crippen LogP contribution in [0.4, 0.5) is 9.93 Å². The van der Waals surface area contributed by atoms with Crippen molar-refractivity contribution < 1.29 is 4.79 Å². The van der Waals surface area contributed by atoms with Crippen molar-refractivity contribution in [3.8, 4) is 0 Å². The minimum Gasteiger partial charge on any atom is -0.331 e. The predicted molar refractivity (Wildman–Crippen MR) is 77.8 cm³/mol. The smallest absolute Gasteiger partial charge is 0.324 e. The molecule has 0 radical (unpaired) electrons. The molecular formula is C13H17N5OS. The number of rotatable bonds is 3. The van der Waals surface area contributed by atoms with Gasteiger partial charge in [-0.2, -0.15) is 0 Å². The van der Waals surface area contributed by atoms with Gasteiger partial charge in [0.1, 0.15) is 0 Å². The zero-order valence-corrected chi connectivity index (χ0v) is 12.2. The van der Waals surface area contributed by atoms with Gasteiger partial charge in [-0.05, 0) is 6.42 Å². The van der Waals surface area contributed by atoms with Crippen LogP contribution in [0.5, 0.6) is 0 Å². The quantitative estimate of drug-likeness (QED) is 0.944. The van der Waals surface area contributed by atoms with E-state index in [0.717, 1.165) is 30.8 Å². The number of carbonyl (C=O) groups is 1. The maximum Gasteiger partial charge on any atom is 0.324 e. The van der Waals surface area contributed by atoms with Gasteiger partial charge in [0.15, 0.2) is 5.13 Å². The van der Waals surface area contributed by atoms with E-state index in [1.807, 2.05) is 17.9 Å². The monoisotopic (exact) mass is 291 g/mol. The summed E-state index contributed by atoms with van der Waals surface area (Å²) in [6.45, 7) is 4.21. The fourth-order valence-electron chi connectivity index (χ4n) is 2.26. The lowest BCUT2D eigenvalue weighted by atomic mass is 10.3. The van der Waals surface area contributed by atoms with Crippen molar-refractivity contribution in [2.75, 3.05) is 11.9 Å². The molecule has 1 aliphatic rings. The first-order chi connectivity index (χ1) is 9.76. The Balaban J connectivity index is 1.62. The van der Waals surface area contributed by atoms with E-state index in [1.165, 1.54) is 11.3 Å². The minimum absolute atomic E-state index is 0.0881. The third kappa shape index (κ3) is 2.67. The molecule has 1 N–H and O–H groups in total. The molecular weight excluding hydrogens is 274 g/mol. The maximum atomic E-state index is 12.2. The van der Waals surface area contributed by atoms with E-state index in [0.29, 0.717) is 18.2 Å². The molecule has 3 heterocycles. The fourth-order valence-corrected chi connectivity index (χ4v) is 3.00. The molecule has 2 amide bonds. The molecule has 1 aliphatic heterocycles. The molecule has 0 atom stereocenters. The SMILES string of the molecule is CCCc1csc(NC(=O)N2CCn3cncc3C2)n1. The van der Waals surface area contributed by atoms with E-state index in [4.69, 9.17) is 0 Å². The summed E-state index contributed by atoms with van der Waals surface area (Å²) in [5.74, 6) is 0. The van der Waals surface area contributed by atoms with Crippen LogP contribution in [0.3, 0.4) is 0 Å². The van der Waals surface area contributed by atoms with Gasteiger partial charge in [-0.3, -0.25) is 5.32 Å².